The molecule has 0 saturated carbocycles. The van der Waals surface area contributed by atoms with Gasteiger partial charge < -0.3 is 22.0 Å². The molecule has 0 bridgehead atoms. The van der Waals surface area contributed by atoms with Crippen molar-refractivity contribution in [1.29, 1.82) is 0 Å². The van der Waals surface area contributed by atoms with E-state index in [4.69, 9.17) is 4.74 Å². The van der Waals surface area contributed by atoms with Crippen molar-refractivity contribution in [1.82, 2.24) is 9.21 Å². The summed E-state index contributed by atoms with van der Waals surface area (Å²) in [7, 11) is -3.88. The molecule has 39 heavy (non-hydrogen) atoms. The summed E-state index contributed by atoms with van der Waals surface area (Å²) >= 11 is 0. The summed E-state index contributed by atoms with van der Waals surface area (Å²) in [5, 5.41) is 0. The third-order valence-corrected chi connectivity index (χ3v) is 9.10. The number of amides is 1. The Morgan fingerprint density at radius 1 is 0.897 bits per heavy atom. The van der Waals surface area contributed by atoms with Crippen LogP contribution >= 0.6 is 0 Å². The summed E-state index contributed by atoms with van der Waals surface area (Å²) in [5.74, 6) is -1.27. The maximum Gasteiger partial charge on any atom is 0.261 e. The number of morpholine rings is 1. The molecule has 2 saturated heterocycles. The largest absolute Gasteiger partial charge is 1.00 e. The van der Waals surface area contributed by atoms with Gasteiger partial charge in [-0.3, -0.25) is 9.69 Å². The Morgan fingerprint density at radius 3 is 2.15 bits per heavy atom. The number of sulfonamides is 1. The molecule has 5 rings (SSSR count). The number of para-hydroxylation sites is 1. The highest BCUT2D eigenvalue weighted by Gasteiger charge is 2.33. The summed E-state index contributed by atoms with van der Waals surface area (Å²) in [5.41, 5.74) is 1.66. The Bertz CT molecular complexity index is 1350. The summed E-state index contributed by atoms with van der Waals surface area (Å²) in [6, 6.07) is 22.8. The number of anilines is 1. The lowest BCUT2D eigenvalue weighted by atomic mass is 10.00. The molecule has 0 spiro atoms. The van der Waals surface area contributed by atoms with Gasteiger partial charge in [0.15, 0.2) is 0 Å². The standard InChI is InChI=1S/C29H32FN3O4S.ClH/c30-28-12-11-26(38(35,36)32-17-19-37-20-18-32)21-27(28)29(34)33(24-9-5-2-6-10-24)25-13-15-31(16-14-25)22-23-7-3-1-4-8-23;/h1-12,21,25H,13-20,22H2;1H/p-1. The zero-order valence-corrected chi connectivity index (χ0v) is 23.2. The maximum atomic E-state index is 15.1. The van der Waals surface area contributed by atoms with Crippen molar-refractivity contribution in [2.45, 2.75) is 30.3 Å². The second-order valence-corrected chi connectivity index (χ2v) is 11.6. The van der Waals surface area contributed by atoms with Crippen LogP contribution in [0.15, 0.2) is 83.8 Å². The van der Waals surface area contributed by atoms with Crippen LogP contribution in [0.3, 0.4) is 0 Å². The van der Waals surface area contributed by atoms with E-state index in [0.717, 1.165) is 38.5 Å². The van der Waals surface area contributed by atoms with Gasteiger partial charge in [-0.1, -0.05) is 48.5 Å². The molecular formula is C29H32ClFN3O4S-. The lowest BCUT2D eigenvalue weighted by Crippen LogP contribution is -3.00. The lowest BCUT2D eigenvalue weighted by molar-refractivity contribution is -0.0000193. The SMILES string of the molecule is O=C(c1cc(S(=O)(=O)N2CCOCC2)ccc1F)N(c1ccccc1)C1CCN(Cc2ccccc2)CC1.[Cl-]. The minimum absolute atomic E-state index is 0. The first-order valence-corrected chi connectivity index (χ1v) is 14.4. The van der Waals surface area contributed by atoms with Gasteiger partial charge in [0.2, 0.25) is 10.0 Å². The number of nitrogens with zero attached hydrogens (tertiary/aromatic N) is 3. The average Bonchev–Trinajstić information content (AvgIpc) is 2.96. The van der Waals surface area contributed by atoms with E-state index in [1.807, 2.05) is 48.5 Å². The van der Waals surface area contributed by atoms with Crippen LogP contribution < -0.4 is 17.3 Å². The minimum atomic E-state index is -3.88. The first-order chi connectivity index (χ1) is 18.4. The molecule has 2 fully saturated rings. The number of benzene rings is 3. The molecule has 0 unspecified atom stereocenters. The van der Waals surface area contributed by atoms with Gasteiger partial charge in [0.1, 0.15) is 5.82 Å². The number of halogens is 2. The number of carbonyl (C=O) groups is 1. The van der Waals surface area contributed by atoms with Crippen molar-refractivity contribution in [3.8, 4) is 0 Å². The van der Waals surface area contributed by atoms with Crippen LogP contribution in [0.4, 0.5) is 10.1 Å². The van der Waals surface area contributed by atoms with Crippen molar-refractivity contribution in [2.24, 2.45) is 0 Å². The van der Waals surface area contributed by atoms with E-state index in [1.165, 1.54) is 22.0 Å². The molecule has 0 aromatic heterocycles. The molecule has 0 N–H and O–H groups in total. The second-order valence-electron chi connectivity index (χ2n) is 9.66. The smallest absolute Gasteiger partial charge is 0.261 e. The summed E-state index contributed by atoms with van der Waals surface area (Å²) in [6.45, 7) is 3.48. The van der Waals surface area contributed by atoms with Crippen molar-refractivity contribution in [3.05, 3.63) is 95.8 Å². The van der Waals surface area contributed by atoms with Crippen LogP contribution in [0.2, 0.25) is 0 Å². The summed E-state index contributed by atoms with van der Waals surface area (Å²) < 4.78 is 48.1. The molecule has 3 aromatic rings. The number of carbonyl (C=O) groups excluding carboxylic acids is 1. The van der Waals surface area contributed by atoms with Gasteiger partial charge >= 0.3 is 0 Å². The molecule has 2 aliphatic rings. The Balaban J connectivity index is 0.00000353. The van der Waals surface area contributed by atoms with Gasteiger partial charge in [-0.25, -0.2) is 12.8 Å². The first kappa shape index (κ1) is 29.2. The summed E-state index contributed by atoms with van der Waals surface area (Å²) in [6.07, 6.45) is 1.45. The number of ether oxygens (including phenoxy) is 1. The minimum Gasteiger partial charge on any atom is -1.00 e. The number of likely N-dealkylation sites (tertiary alicyclic amines) is 1. The number of hydrogen-bond donors (Lipinski definition) is 0. The molecule has 7 nitrogen and oxygen atoms in total. The number of rotatable bonds is 7. The van der Waals surface area contributed by atoms with Gasteiger partial charge in [-0.2, -0.15) is 4.31 Å². The number of piperidine rings is 1. The van der Waals surface area contributed by atoms with Gasteiger partial charge in [0.05, 0.1) is 23.7 Å². The van der Waals surface area contributed by atoms with Crippen molar-refractivity contribution in [2.75, 3.05) is 44.3 Å². The molecule has 0 radical (unpaired) electrons. The van der Waals surface area contributed by atoms with E-state index in [9.17, 15) is 13.2 Å². The normalized spacial score (nSPS) is 17.4. The third kappa shape index (κ3) is 6.67. The van der Waals surface area contributed by atoms with Crippen molar-refractivity contribution < 1.29 is 34.7 Å². The molecule has 0 aliphatic carbocycles. The van der Waals surface area contributed by atoms with Gasteiger partial charge in [0.25, 0.3) is 5.91 Å². The average molecular weight is 573 g/mol. The highest BCUT2D eigenvalue weighted by Crippen LogP contribution is 2.29. The van der Waals surface area contributed by atoms with Crippen LogP contribution in [0.1, 0.15) is 28.8 Å². The van der Waals surface area contributed by atoms with Crippen molar-refractivity contribution in [3.63, 3.8) is 0 Å². The highest BCUT2D eigenvalue weighted by molar-refractivity contribution is 7.89. The second kappa shape index (κ2) is 13.0. The Morgan fingerprint density at radius 2 is 1.51 bits per heavy atom. The Kier molecular flexibility index (Phi) is 9.74. The van der Waals surface area contributed by atoms with Crippen LogP contribution in [-0.2, 0) is 21.3 Å². The zero-order valence-electron chi connectivity index (χ0n) is 21.6. The van der Waals surface area contributed by atoms with E-state index in [1.54, 1.807) is 4.90 Å². The molecule has 2 aliphatic heterocycles. The molecule has 1 amide bonds. The van der Waals surface area contributed by atoms with Gasteiger partial charge in [-0.05, 0) is 48.7 Å². The maximum absolute atomic E-state index is 15.1. The fourth-order valence-corrected chi connectivity index (χ4v) is 6.59. The predicted octanol–water partition coefficient (Wildman–Crippen LogP) is 1.16. The van der Waals surface area contributed by atoms with Crippen molar-refractivity contribution >= 4 is 21.6 Å². The molecule has 10 heteroatoms. The van der Waals surface area contributed by atoms with E-state index in [-0.39, 0.29) is 42.0 Å². The quantitative estimate of drug-likeness (QED) is 0.425. The first-order valence-electron chi connectivity index (χ1n) is 13.0. The Hall–Kier alpha value is -2.82. The van der Waals surface area contributed by atoms with E-state index >= 15 is 4.39 Å². The fourth-order valence-electron chi connectivity index (χ4n) is 5.15. The van der Waals surface area contributed by atoms with E-state index < -0.39 is 21.7 Å². The van der Waals surface area contributed by atoms with Crippen LogP contribution in [-0.4, -0.2) is 69.0 Å². The molecule has 3 aromatic carbocycles. The summed E-state index contributed by atoms with van der Waals surface area (Å²) in [4.78, 5) is 17.8. The fraction of sp³-hybridized carbons (Fsp3) is 0.345. The molecule has 2 heterocycles. The van der Waals surface area contributed by atoms with Crippen LogP contribution in [0.25, 0.3) is 0 Å². The zero-order chi connectivity index (χ0) is 26.5. The van der Waals surface area contributed by atoms with Gasteiger partial charge in [-0.15, -0.1) is 0 Å². The van der Waals surface area contributed by atoms with Gasteiger partial charge in [0, 0.05) is 44.5 Å². The van der Waals surface area contributed by atoms with Crippen LogP contribution in [0.5, 0.6) is 0 Å². The molecule has 0 atom stereocenters. The lowest BCUT2D eigenvalue weighted by Gasteiger charge is -2.38. The van der Waals surface area contributed by atoms with Crippen LogP contribution in [0, 0.1) is 5.82 Å². The van der Waals surface area contributed by atoms with E-state index in [0.29, 0.717) is 18.9 Å². The number of hydrogen-bond acceptors (Lipinski definition) is 5. The highest BCUT2D eigenvalue weighted by atomic mass is 35.5. The third-order valence-electron chi connectivity index (χ3n) is 7.20. The van der Waals surface area contributed by atoms with E-state index in [2.05, 4.69) is 17.0 Å². The Labute approximate surface area is 235 Å². The topological polar surface area (TPSA) is 70.2 Å². The molecule has 208 valence electrons. The predicted molar refractivity (Wildman–Crippen MR) is 144 cm³/mol. The molecular weight excluding hydrogens is 541 g/mol. The monoisotopic (exact) mass is 572 g/mol.